The number of rotatable bonds is 4. The summed E-state index contributed by atoms with van der Waals surface area (Å²) in [6, 6.07) is 13.3. The van der Waals surface area contributed by atoms with E-state index in [1.54, 1.807) is 35.9 Å². The Morgan fingerprint density at radius 2 is 1.93 bits per heavy atom. The highest BCUT2D eigenvalue weighted by molar-refractivity contribution is 8.00. The van der Waals surface area contributed by atoms with E-state index in [4.69, 9.17) is 0 Å². The van der Waals surface area contributed by atoms with Crippen LogP contribution >= 0.6 is 11.8 Å². The van der Waals surface area contributed by atoms with E-state index in [2.05, 4.69) is 15.6 Å². The van der Waals surface area contributed by atoms with E-state index in [0.29, 0.717) is 22.1 Å². The lowest BCUT2D eigenvalue weighted by atomic mass is 9.97. The summed E-state index contributed by atoms with van der Waals surface area (Å²) in [5.41, 5.74) is 5.56. The fourth-order valence-corrected chi connectivity index (χ4v) is 4.33. The normalized spacial score (nSPS) is 18.2. The zero-order valence-corrected chi connectivity index (χ0v) is 16.0. The highest BCUT2D eigenvalue weighted by Crippen LogP contribution is 2.39. The summed E-state index contributed by atoms with van der Waals surface area (Å²) in [6.07, 6.45) is 0. The van der Waals surface area contributed by atoms with Gasteiger partial charge in [-0.25, -0.2) is 4.68 Å². The third-order valence-electron chi connectivity index (χ3n) is 4.63. The van der Waals surface area contributed by atoms with Crippen LogP contribution in [0.4, 0.5) is 5.69 Å². The lowest BCUT2D eigenvalue weighted by molar-refractivity contribution is -0.384. The Morgan fingerprint density at radius 3 is 2.64 bits per heavy atom. The minimum absolute atomic E-state index is 0.0166. The van der Waals surface area contributed by atoms with Crippen LogP contribution in [-0.4, -0.2) is 30.8 Å². The summed E-state index contributed by atoms with van der Waals surface area (Å²) in [6.45, 7) is 3.76. The second-order valence-corrected chi connectivity index (χ2v) is 7.70. The first-order valence-electron chi connectivity index (χ1n) is 8.64. The van der Waals surface area contributed by atoms with Gasteiger partial charge in [-0.2, -0.15) is 0 Å². The van der Waals surface area contributed by atoms with Gasteiger partial charge in [-0.05, 0) is 19.4 Å². The van der Waals surface area contributed by atoms with Crippen molar-refractivity contribution in [2.24, 2.45) is 0 Å². The quantitative estimate of drug-likeness (QED) is 0.410. The molecule has 1 aromatic heterocycles. The molecule has 0 amide bonds. The maximum absolute atomic E-state index is 13.3. The minimum atomic E-state index is -0.541. The van der Waals surface area contributed by atoms with Gasteiger partial charge in [-0.1, -0.05) is 53.7 Å². The topological polar surface area (TPSA) is 103 Å². The maximum atomic E-state index is 13.3. The molecule has 142 valence electrons. The zero-order chi connectivity index (χ0) is 19.8. The molecule has 1 aliphatic heterocycles. The van der Waals surface area contributed by atoms with E-state index in [9.17, 15) is 14.9 Å². The molecular weight excluding hydrogens is 378 g/mol. The Hall–Kier alpha value is -3.20. The van der Waals surface area contributed by atoms with Crippen LogP contribution in [0.5, 0.6) is 0 Å². The molecule has 0 fully saturated rings. The lowest BCUT2D eigenvalue weighted by Gasteiger charge is -2.32. The molecule has 4 rings (SSSR count). The van der Waals surface area contributed by atoms with Crippen molar-refractivity contribution in [3.63, 3.8) is 0 Å². The molecule has 0 saturated carbocycles. The molecule has 9 heteroatoms. The van der Waals surface area contributed by atoms with Crippen molar-refractivity contribution in [3.8, 4) is 0 Å². The molecular formula is C19H17N5O3S. The molecule has 0 unspecified atom stereocenters. The number of carbonyl (C=O) groups is 1. The average Bonchev–Trinajstić information content (AvgIpc) is 3.07. The first-order valence-corrected chi connectivity index (χ1v) is 9.52. The predicted octanol–water partition coefficient (Wildman–Crippen LogP) is 3.45. The van der Waals surface area contributed by atoms with Gasteiger partial charge < -0.3 is 5.43 Å². The van der Waals surface area contributed by atoms with Crippen LogP contribution in [0.2, 0.25) is 0 Å². The SMILES string of the molecule is Cc1ccc(C(=O)[C@@H]2Sc3nnc(C)n3N[C@@H]2c2cccc([N+](=O)[O-])c2)cc1. The largest absolute Gasteiger partial charge is 0.313 e. The predicted molar refractivity (Wildman–Crippen MR) is 105 cm³/mol. The van der Waals surface area contributed by atoms with Gasteiger partial charge in [0.25, 0.3) is 5.69 Å². The molecule has 3 aromatic rings. The van der Waals surface area contributed by atoms with Crippen LogP contribution in [0.1, 0.15) is 33.4 Å². The van der Waals surface area contributed by atoms with E-state index in [1.807, 2.05) is 19.1 Å². The van der Waals surface area contributed by atoms with Crippen LogP contribution in [0, 0.1) is 24.0 Å². The molecule has 2 aromatic carbocycles. The molecule has 8 nitrogen and oxygen atoms in total. The molecule has 1 aliphatic rings. The van der Waals surface area contributed by atoms with Crippen LogP contribution in [0.3, 0.4) is 0 Å². The van der Waals surface area contributed by atoms with E-state index in [0.717, 1.165) is 5.56 Å². The number of Topliss-reactive ketones (excluding diaryl/α,β-unsaturated/α-hetero) is 1. The zero-order valence-electron chi connectivity index (χ0n) is 15.2. The molecule has 0 spiro atoms. The van der Waals surface area contributed by atoms with Gasteiger partial charge in [-0.3, -0.25) is 14.9 Å². The van der Waals surface area contributed by atoms with Crippen molar-refractivity contribution in [2.75, 3.05) is 5.43 Å². The number of hydrogen-bond donors (Lipinski definition) is 1. The molecule has 28 heavy (non-hydrogen) atoms. The summed E-state index contributed by atoms with van der Waals surface area (Å²) in [5, 5.41) is 19.4. The summed E-state index contributed by atoms with van der Waals surface area (Å²) in [7, 11) is 0. The number of aromatic nitrogens is 3. The van der Waals surface area contributed by atoms with E-state index in [-0.39, 0.29) is 11.5 Å². The van der Waals surface area contributed by atoms with Gasteiger partial charge in [-0.15, -0.1) is 10.2 Å². The third-order valence-corrected chi connectivity index (χ3v) is 5.85. The number of nitro benzene ring substituents is 1. The van der Waals surface area contributed by atoms with Gasteiger partial charge in [0.05, 0.1) is 11.0 Å². The number of aryl methyl sites for hydroxylation is 2. The summed E-state index contributed by atoms with van der Waals surface area (Å²) in [5.74, 6) is 0.583. The highest BCUT2D eigenvalue weighted by Gasteiger charge is 2.38. The fraction of sp³-hybridized carbons (Fsp3) is 0.211. The third kappa shape index (κ3) is 3.24. The van der Waals surface area contributed by atoms with Gasteiger partial charge in [0, 0.05) is 17.7 Å². The Balaban J connectivity index is 1.77. The number of benzene rings is 2. The molecule has 0 aliphatic carbocycles. The van der Waals surface area contributed by atoms with Gasteiger partial charge in [0.15, 0.2) is 5.78 Å². The molecule has 0 saturated heterocycles. The Morgan fingerprint density at radius 1 is 1.18 bits per heavy atom. The summed E-state index contributed by atoms with van der Waals surface area (Å²) in [4.78, 5) is 24.0. The Labute approximate surface area is 165 Å². The fourth-order valence-electron chi connectivity index (χ4n) is 3.12. The number of carbonyl (C=O) groups excluding carboxylic acids is 1. The van der Waals surface area contributed by atoms with Crippen molar-refractivity contribution >= 4 is 23.2 Å². The van der Waals surface area contributed by atoms with Crippen molar-refractivity contribution in [1.82, 2.24) is 14.9 Å². The number of nitro groups is 1. The van der Waals surface area contributed by atoms with Gasteiger partial charge in [0.2, 0.25) is 5.16 Å². The van der Waals surface area contributed by atoms with Crippen LogP contribution in [0.25, 0.3) is 0 Å². The van der Waals surface area contributed by atoms with E-state index < -0.39 is 16.2 Å². The number of hydrogen-bond acceptors (Lipinski definition) is 7. The molecule has 1 N–H and O–H groups in total. The van der Waals surface area contributed by atoms with E-state index >= 15 is 0 Å². The number of non-ortho nitro benzene ring substituents is 1. The molecule has 0 bridgehead atoms. The second kappa shape index (κ2) is 7.08. The van der Waals surface area contributed by atoms with Crippen LogP contribution < -0.4 is 5.43 Å². The second-order valence-electron chi connectivity index (χ2n) is 6.59. The van der Waals surface area contributed by atoms with Crippen molar-refractivity contribution in [2.45, 2.75) is 30.3 Å². The summed E-state index contributed by atoms with van der Waals surface area (Å²) < 4.78 is 1.72. The monoisotopic (exact) mass is 395 g/mol. The maximum Gasteiger partial charge on any atom is 0.269 e. The van der Waals surface area contributed by atoms with Crippen LogP contribution in [0.15, 0.2) is 53.7 Å². The smallest absolute Gasteiger partial charge is 0.269 e. The first-order chi connectivity index (χ1) is 13.4. The molecule has 2 heterocycles. The Bertz CT molecular complexity index is 1060. The van der Waals surface area contributed by atoms with Crippen molar-refractivity contribution in [3.05, 3.63) is 81.2 Å². The van der Waals surface area contributed by atoms with Crippen LogP contribution in [-0.2, 0) is 0 Å². The number of ketones is 1. The number of nitrogens with one attached hydrogen (secondary N) is 1. The van der Waals surface area contributed by atoms with E-state index in [1.165, 1.54) is 23.9 Å². The number of nitrogens with zero attached hydrogens (tertiary/aromatic N) is 4. The summed E-state index contributed by atoms with van der Waals surface area (Å²) >= 11 is 1.31. The van der Waals surface area contributed by atoms with Gasteiger partial charge >= 0.3 is 0 Å². The number of thioether (sulfide) groups is 1. The molecule has 0 radical (unpaired) electrons. The van der Waals surface area contributed by atoms with Gasteiger partial charge in [0.1, 0.15) is 11.1 Å². The standard InChI is InChI=1S/C19H17N5O3S/c1-11-6-8-13(9-7-11)17(25)18-16(14-4-3-5-15(10-14)24(26)27)22-23-12(2)20-21-19(23)28-18/h3-10,16,18,22H,1-2H3/t16-,18-/m1/s1. The molecule has 2 atom stereocenters. The number of fused-ring (bicyclic) bond motifs is 1. The Kier molecular flexibility index (Phi) is 4.60. The van der Waals surface area contributed by atoms with Crippen molar-refractivity contribution < 1.29 is 9.72 Å². The average molecular weight is 395 g/mol. The highest BCUT2D eigenvalue weighted by atomic mass is 32.2. The first kappa shape index (κ1) is 18.2. The minimum Gasteiger partial charge on any atom is -0.313 e. The van der Waals surface area contributed by atoms with Crippen molar-refractivity contribution in [1.29, 1.82) is 0 Å². The lowest BCUT2D eigenvalue weighted by Crippen LogP contribution is -2.39.